The zero-order valence-corrected chi connectivity index (χ0v) is 12.8. The van der Waals surface area contributed by atoms with Crippen LogP contribution in [0.15, 0.2) is 0 Å². The molecule has 2 rings (SSSR count). The first-order chi connectivity index (χ1) is 9.06. The Morgan fingerprint density at radius 2 is 2.37 bits per heavy atom. The number of nitrogens with zero attached hydrogens (tertiary/aromatic N) is 1. The van der Waals surface area contributed by atoms with E-state index >= 15 is 0 Å². The van der Waals surface area contributed by atoms with Gasteiger partial charge in [-0.25, -0.2) is 4.98 Å². The molecule has 106 valence electrons. The number of amides is 1. The van der Waals surface area contributed by atoms with Crippen molar-refractivity contribution in [2.45, 2.75) is 46.1 Å². The monoisotopic (exact) mass is 281 g/mol. The number of rotatable bonds is 4. The maximum Gasteiger partial charge on any atom is 0.263 e. The molecule has 0 aliphatic carbocycles. The van der Waals surface area contributed by atoms with Crippen molar-refractivity contribution in [1.29, 1.82) is 0 Å². The van der Waals surface area contributed by atoms with E-state index < -0.39 is 0 Å². The minimum Gasteiger partial charge on any atom is -0.347 e. The van der Waals surface area contributed by atoms with Crippen LogP contribution in [0.2, 0.25) is 0 Å². The molecule has 1 aliphatic rings. The number of piperidine rings is 1. The van der Waals surface area contributed by atoms with Crippen molar-refractivity contribution in [1.82, 2.24) is 15.6 Å². The number of aromatic nitrogens is 1. The molecule has 1 aromatic rings. The molecule has 2 N–H and O–H groups in total. The van der Waals surface area contributed by atoms with Gasteiger partial charge in [0, 0.05) is 19.0 Å². The Bertz CT molecular complexity index is 436. The molecule has 1 aliphatic heterocycles. The second-order valence-corrected chi connectivity index (χ2v) is 6.72. The van der Waals surface area contributed by atoms with E-state index in [2.05, 4.69) is 29.5 Å². The smallest absolute Gasteiger partial charge is 0.263 e. The third kappa shape index (κ3) is 4.01. The van der Waals surface area contributed by atoms with Crippen LogP contribution in [0.4, 0.5) is 0 Å². The van der Waals surface area contributed by atoms with Gasteiger partial charge in [-0.2, -0.15) is 0 Å². The summed E-state index contributed by atoms with van der Waals surface area (Å²) in [6, 6.07) is 0.260. The summed E-state index contributed by atoms with van der Waals surface area (Å²) in [5, 5.41) is 7.49. The van der Waals surface area contributed by atoms with E-state index in [4.69, 9.17) is 0 Å². The van der Waals surface area contributed by atoms with Crippen LogP contribution in [0.3, 0.4) is 0 Å². The van der Waals surface area contributed by atoms with E-state index in [0.717, 1.165) is 47.9 Å². The lowest BCUT2D eigenvalue weighted by atomic mass is 10.1. The lowest BCUT2D eigenvalue weighted by molar-refractivity contribution is 0.0934. The minimum atomic E-state index is 0.0405. The summed E-state index contributed by atoms with van der Waals surface area (Å²) in [6.07, 6.45) is 3.14. The first kappa shape index (κ1) is 14.5. The van der Waals surface area contributed by atoms with Gasteiger partial charge in [0.05, 0.1) is 10.7 Å². The Morgan fingerprint density at radius 1 is 1.58 bits per heavy atom. The summed E-state index contributed by atoms with van der Waals surface area (Å²) >= 11 is 1.54. The van der Waals surface area contributed by atoms with Gasteiger partial charge in [-0.05, 0) is 32.2 Å². The van der Waals surface area contributed by atoms with E-state index in [1.54, 1.807) is 11.3 Å². The number of carbonyl (C=O) groups excluding carboxylic acids is 1. The Balaban J connectivity index is 1.99. The summed E-state index contributed by atoms with van der Waals surface area (Å²) in [5.41, 5.74) is 0.863. The average molecular weight is 281 g/mol. The van der Waals surface area contributed by atoms with Crippen molar-refractivity contribution in [3.05, 3.63) is 15.6 Å². The molecule has 0 spiro atoms. The molecule has 1 aromatic heterocycles. The minimum absolute atomic E-state index is 0.0405. The molecule has 4 nitrogen and oxygen atoms in total. The second kappa shape index (κ2) is 6.48. The molecule has 0 aromatic carbocycles. The first-order valence-corrected chi connectivity index (χ1v) is 7.85. The van der Waals surface area contributed by atoms with Gasteiger partial charge in [0.1, 0.15) is 4.88 Å². The Hall–Kier alpha value is -0.940. The Kier molecular flexibility index (Phi) is 4.93. The van der Waals surface area contributed by atoms with Crippen LogP contribution in [0.25, 0.3) is 0 Å². The number of thiazole rings is 1. The predicted molar refractivity (Wildman–Crippen MR) is 78.8 cm³/mol. The number of carbonyl (C=O) groups is 1. The highest BCUT2D eigenvalue weighted by Crippen LogP contribution is 2.21. The molecule has 0 bridgehead atoms. The molecular formula is C14H23N3OS. The van der Waals surface area contributed by atoms with Gasteiger partial charge in [0.25, 0.3) is 5.91 Å². The maximum absolute atomic E-state index is 12.3. The van der Waals surface area contributed by atoms with Gasteiger partial charge in [-0.1, -0.05) is 13.8 Å². The van der Waals surface area contributed by atoms with E-state index in [-0.39, 0.29) is 11.9 Å². The third-order valence-electron chi connectivity index (χ3n) is 3.26. The SMILES string of the molecule is Cc1nc(CC(C)C)sc1C(=O)N[C@H]1CCCNC1. The molecule has 1 amide bonds. The lowest BCUT2D eigenvalue weighted by Crippen LogP contribution is -2.45. The van der Waals surface area contributed by atoms with Gasteiger partial charge in [-0.3, -0.25) is 4.79 Å². The van der Waals surface area contributed by atoms with Crippen molar-refractivity contribution >= 4 is 17.2 Å². The van der Waals surface area contributed by atoms with E-state index in [1.165, 1.54) is 0 Å². The molecular weight excluding hydrogens is 258 g/mol. The van der Waals surface area contributed by atoms with Gasteiger partial charge in [-0.15, -0.1) is 11.3 Å². The third-order valence-corrected chi connectivity index (χ3v) is 4.44. The van der Waals surface area contributed by atoms with Gasteiger partial charge in [0.15, 0.2) is 0 Å². The average Bonchev–Trinajstić information content (AvgIpc) is 2.70. The number of hydrogen-bond donors (Lipinski definition) is 2. The van der Waals surface area contributed by atoms with Gasteiger partial charge >= 0.3 is 0 Å². The molecule has 1 atom stereocenters. The normalized spacial score (nSPS) is 19.7. The highest BCUT2D eigenvalue weighted by Gasteiger charge is 2.20. The van der Waals surface area contributed by atoms with E-state index in [1.807, 2.05) is 6.92 Å². The van der Waals surface area contributed by atoms with Crippen LogP contribution < -0.4 is 10.6 Å². The number of hydrogen-bond acceptors (Lipinski definition) is 4. The zero-order chi connectivity index (χ0) is 13.8. The second-order valence-electron chi connectivity index (χ2n) is 5.64. The fraction of sp³-hybridized carbons (Fsp3) is 0.714. The molecule has 1 saturated heterocycles. The fourth-order valence-electron chi connectivity index (χ4n) is 2.33. The maximum atomic E-state index is 12.3. The van der Waals surface area contributed by atoms with Crippen molar-refractivity contribution in [3.8, 4) is 0 Å². The summed E-state index contributed by atoms with van der Waals surface area (Å²) in [6.45, 7) is 8.20. The quantitative estimate of drug-likeness (QED) is 0.889. The van der Waals surface area contributed by atoms with Crippen LogP contribution in [0.5, 0.6) is 0 Å². The number of aryl methyl sites for hydroxylation is 1. The van der Waals surface area contributed by atoms with Gasteiger partial charge in [0.2, 0.25) is 0 Å². The largest absolute Gasteiger partial charge is 0.347 e. The molecule has 0 radical (unpaired) electrons. The Morgan fingerprint density at radius 3 is 3.00 bits per heavy atom. The summed E-state index contributed by atoms with van der Waals surface area (Å²) < 4.78 is 0. The lowest BCUT2D eigenvalue weighted by Gasteiger charge is -2.23. The van der Waals surface area contributed by atoms with Crippen LogP contribution in [0.1, 0.15) is 47.1 Å². The molecule has 5 heteroatoms. The van der Waals surface area contributed by atoms with E-state index in [9.17, 15) is 4.79 Å². The Labute approximate surface area is 119 Å². The van der Waals surface area contributed by atoms with Crippen molar-refractivity contribution in [2.75, 3.05) is 13.1 Å². The van der Waals surface area contributed by atoms with Crippen LogP contribution in [-0.2, 0) is 6.42 Å². The predicted octanol–water partition coefficient (Wildman–Crippen LogP) is 2.13. The zero-order valence-electron chi connectivity index (χ0n) is 12.0. The van der Waals surface area contributed by atoms with Crippen molar-refractivity contribution in [3.63, 3.8) is 0 Å². The highest BCUT2D eigenvalue weighted by atomic mass is 32.1. The molecule has 2 heterocycles. The molecule has 19 heavy (non-hydrogen) atoms. The summed E-state index contributed by atoms with van der Waals surface area (Å²) in [5.74, 6) is 0.614. The first-order valence-electron chi connectivity index (χ1n) is 7.04. The molecule has 1 fully saturated rings. The van der Waals surface area contributed by atoms with E-state index in [0.29, 0.717) is 5.92 Å². The molecule has 0 unspecified atom stereocenters. The standard InChI is InChI=1S/C14H23N3OS/c1-9(2)7-12-16-10(3)13(19-12)14(18)17-11-5-4-6-15-8-11/h9,11,15H,4-8H2,1-3H3,(H,17,18)/t11-/m0/s1. The van der Waals surface area contributed by atoms with Crippen LogP contribution in [-0.4, -0.2) is 30.0 Å². The highest BCUT2D eigenvalue weighted by molar-refractivity contribution is 7.13. The summed E-state index contributed by atoms with van der Waals surface area (Å²) in [7, 11) is 0. The van der Waals surface area contributed by atoms with Crippen LogP contribution in [0, 0.1) is 12.8 Å². The van der Waals surface area contributed by atoms with Crippen LogP contribution >= 0.6 is 11.3 Å². The topological polar surface area (TPSA) is 54.0 Å². The van der Waals surface area contributed by atoms with Gasteiger partial charge < -0.3 is 10.6 Å². The number of nitrogens with one attached hydrogen (secondary N) is 2. The summed E-state index contributed by atoms with van der Waals surface area (Å²) in [4.78, 5) is 17.6. The van der Waals surface area contributed by atoms with Crippen molar-refractivity contribution in [2.24, 2.45) is 5.92 Å². The van der Waals surface area contributed by atoms with Crippen molar-refractivity contribution < 1.29 is 4.79 Å². The molecule has 0 saturated carbocycles. The fourth-order valence-corrected chi connectivity index (χ4v) is 3.51.